The number of nitrogens with one attached hydrogen (secondary N) is 1. The molecule has 1 unspecified atom stereocenters. The van der Waals surface area contributed by atoms with Crippen LogP contribution < -0.4 is 5.32 Å². The summed E-state index contributed by atoms with van der Waals surface area (Å²) in [6, 6.07) is 9.18. The second-order valence-electron chi connectivity index (χ2n) is 8.36. The van der Waals surface area contributed by atoms with Crippen molar-refractivity contribution in [3.8, 4) is 0 Å². The third kappa shape index (κ3) is 6.05. The average molecular weight is 489 g/mol. The summed E-state index contributed by atoms with van der Waals surface area (Å²) in [7, 11) is 0. The number of likely N-dealkylation sites (tertiary alicyclic amines) is 1. The Morgan fingerprint density at radius 1 is 1.12 bits per heavy atom. The van der Waals surface area contributed by atoms with Gasteiger partial charge in [-0.25, -0.2) is 9.78 Å². The molecular weight excluding hydrogens is 460 g/mol. The minimum absolute atomic E-state index is 0.00197. The molecule has 3 amide bonds. The van der Waals surface area contributed by atoms with Crippen LogP contribution in [-0.2, 0) is 4.79 Å². The van der Waals surface area contributed by atoms with E-state index in [0.29, 0.717) is 23.8 Å². The van der Waals surface area contributed by atoms with Crippen molar-refractivity contribution in [2.24, 2.45) is 0 Å². The van der Waals surface area contributed by atoms with Gasteiger partial charge in [0.05, 0.1) is 22.2 Å². The van der Waals surface area contributed by atoms with Crippen molar-refractivity contribution in [3.05, 3.63) is 42.1 Å². The van der Waals surface area contributed by atoms with Crippen LogP contribution in [0.3, 0.4) is 0 Å². The summed E-state index contributed by atoms with van der Waals surface area (Å²) < 4.78 is 0.748. The molecule has 2 heterocycles. The Hall–Kier alpha value is -2.59. The number of hydrogen-bond donors (Lipinski definition) is 2. The summed E-state index contributed by atoms with van der Waals surface area (Å²) in [6.45, 7) is 1.15. The smallest absolute Gasteiger partial charge is 0.324 e. The molecule has 4 rings (SSSR count). The number of benzene rings is 1. The number of amides is 3. The zero-order chi connectivity index (χ0) is 23.2. The van der Waals surface area contributed by atoms with Crippen molar-refractivity contribution in [2.45, 2.75) is 54.8 Å². The van der Waals surface area contributed by atoms with Crippen molar-refractivity contribution >= 4 is 46.1 Å². The van der Waals surface area contributed by atoms with Crippen LogP contribution in [0.5, 0.6) is 0 Å². The summed E-state index contributed by atoms with van der Waals surface area (Å²) in [5, 5.41) is 12.2. The Kier molecular flexibility index (Phi) is 7.87. The van der Waals surface area contributed by atoms with Gasteiger partial charge in [0.15, 0.2) is 5.13 Å². The maximum atomic E-state index is 13.4. The van der Waals surface area contributed by atoms with E-state index >= 15 is 0 Å². The number of urea groups is 1. The number of carbonyl (C=O) groups is 3. The lowest BCUT2D eigenvalue weighted by Crippen LogP contribution is -2.51. The van der Waals surface area contributed by atoms with Gasteiger partial charge < -0.3 is 14.9 Å². The van der Waals surface area contributed by atoms with Gasteiger partial charge >= 0.3 is 12.0 Å². The van der Waals surface area contributed by atoms with Crippen LogP contribution in [0.25, 0.3) is 0 Å². The molecule has 1 saturated carbocycles. The van der Waals surface area contributed by atoms with E-state index in [9.17, 15) is 14.4 Å². The molecule has 0 radical (unpaired) electrons. The molecule has 8 nitrogen and oxygen atoms in total. The highest BCUT2D eigenvalue weighted by Crippen LogP contribution is 2.31. The first-order chi connectivity index (χ1) is 16.0. The molecule has 1 saturated heterocycles. The first-order valence-corrected chi connectivity index (χ1v) is 13.1. The quantitative estimate of drug-likeness (QED) is 0.560. The van der Waals surface area contributed by atoms with Gasteiger partial charge in [0.25, 0.3) is 5.91 Å². The van der Waals surface area contributed by atoms with Crippen LogP contribution in [-0.4, -0.2) is 68.7 Å². The molecule has 2 N–H and O–H groups in total. The van der Waals surface area contributed by atoms with Gasteiger partial charge in [-0.05, 0) is 31.4 Å². The maximum absolute atomic E-state index is 13.4. The number of rotatable bonds is 7. The van der Waals surface area contributed by atoms with E-state index in [1.54, 1.807) is 6.20 Å². The maximum Gasteiger partial charge on any atom is 0.324 e. The molecule has 0 spiro atoms. The van der Waals surface area contributed by atoms with Gasteiger partial charge in [-0.15, -0.1) is 11.8 Å². The minimum atomic E-state index is -0.890. The van der Waals surface area contributed by atoms with E-state index in [2.05, 4.69) is 10.3 Å². The molecule has 0 bridgehead atoms. The highest BCUT2D eigenvalue weighted by molar-refractivity contribution is 8.01. The monoisotopic (exact) mass is 488 g/mol. The molecule has 33 heavy (non-hydrogen) atoms. The average Bonchev–Trinajstić information content (AvgIpc) is 3.49. The Morgan fingerprint density at radius 3 is 2.61 bits per heavy atom. The van der Waals surface area contributed by atoms with Gasteiger partial charge in [-0.1, -0.05) is 48.8 Å². The van der Waals surface area contributed by atoms with E-state index in [1.807, 2.05) is 40.1 Å². The topological polar surface area (TPSA) is 103 Å². The first kappa shape index (κ1) is 23.6. The highest BCUT2D eigenvalue weighted by Gasteiger charge is 2.37. The van der Waals surface area contributed by atoms with Gasteiger partial charge in [0.1, 0.15) is 0 Å². The lowest BCUT2D eigenvalue weighted by molar-refractivity contribution is -0.133. The second-order valence-corrected chi connectivity index (χ2v) is 10.7. The van der Waals surface area contributed by atoms with E-state index < -0.39 is 5.97 Å². The van der Waals surface area contributed by atoms with Crippen molar-refractivity contribution in [3.63, 3.8) is 0 Å². The van der Waals surface area contributed by atoms with E-state index in [0.717, 1.165) is 36.3 Å². The fraction of sp³-hybridized carbons (Fsp3) is 0.478. The van der Waals surface area contributed by atoms with Gasteiger partial charge in [0, 0.05) is 24.7 Å². The number of aliphatic carboxylic acids is 1. The summed E-state index contributed by atoms with van der Waals surface area (Å²) >= 11 is 2.46. The number of carboxylic acid groups (broad SMARTS) is 1. The Labute approximate surface area is 201 Å². The summed E-state index contributed by atoms with van der Waals surface area (Å²) in [4.78, 5) is 45.1. The van der Waals surface area contributed by atoms with Crippen LogP contribution in [0, 0.1) is 0 Å². The molecule has 1 aromatic carbocycles. The molecular formula is C23H28N4O4S2. The lowest BCUT2D eigenvalue weighted by atomic mass is 9.93. The molecule has 2 fully saturated rings. The SMILES string of the molecule is O=C(O)CSc1cnc(NC(=O)N(C2CCCCC2)C2CCN(C(=O)c3ccccc3)C2)s1. The number of thioether (sulfide) groups is 1. The summed E-state index contributed by atoms with van der Waals surface area (Å²) in [5.74, 6) is -0.933. The van der Waals surface area contributed by atoms with Crippen LogP contribution in [0.4, 0.5) is 9.93 Å². The Morgan fingerprint density at radius 2 is 1.88 bits per heavy atom. The van der Waals surface area contributed by atoms with Crippen LogP contribution in [0.15, 0.2) is 40.7 Å². The van der Waals surface area contributed by atoms with Gasteiger partial charge in [-0.3, -0.25) is 14.9 Å². The van der Waals surface area contributed by atoms with Gasteiger partial charge in [-0.2, -0.15) is 0 Å². The van der Waals surface area contributed by atoms with Crippen LogP contribution >= 0.6 is 23.1 Å². The zero-order valence-electron chi connectivity index (χ0n) is 18.3. The fourth-order valence-electron chi connectivity index (χ4n) is 4.58. The molecule has 2 aromatic rings. The van der Waals surface area contributed by atoms with Crippen LogP contribution in [0.1, 0.15) is 48.9 Å². The normalized spacial score (nSPS) is 18.8. The molecule has 10 heteroatoms. The molecule has 1 aromatic heterocycles. The number of aromatic nitrogens is 1. The standard InChI is InChI=1S/C23H28N4O4S2/c28-19(29)15-32-20-13-24-22(33-20)25-23(31)27(17-9-5-2-6-10-17)18-11-12-26(14-18)21(30)16-7-3-1-4-8-16/h1,3-4,7-8,13,17-18H,2,5-6,9-12,14-15H2,(H,28,29)(H,24,25,31). The largest absolute Gasteiger partial charge is 0.481 e. The number of carboxylic acids is 1. The molecule has 1 atom stereocenters. The summed E-state index contributed by atoms with van der Waals surface area (Å²) in [6.07, 6.45) is 7.66. The number of carbonyl (C=O) groups excluding carboxylic acids is 2. The van der Waals surface area contributed by atoms with Crippen molar-refractivity contribution in [1.29, 1.82) is 0 Å². The third-order valence-electron chi connectivity index (χ3n) is 6.10. The zero-order valence-corrected chi connectivity index (χ0v) is 19.9. The third-order valence-corrected chi connectivity index (χ3v) is 8.20. The van der Waals surface area contributed by atoms with Gasteiger partial charge in [0.2, 0.25) is 0 Å². The summed E-state index contributed by atoms with van der Waals surface area (Å²) in [5.41, 5.74) is 0.668. The predicted octanol–water partition coefficient (Wildman–Crippen LogP) is 4.40. The second kappa shape index (κ2) is 11.0. The van der Waals surface area contributed by atoms with Crippen molar-refractivity contribution in [1.82, 2.24) is 14.8 Å². The molecule has 1 aliphatic carbocycles. The molecule has 1 aliphatic heterocycles. The minimum Gasteiger partial charge on any atom is -0.481 e. The lowest BCUT2D eigenvalue weighted by Gasteiger charge is -2.38. The van der Waals surface area contributed by atoms with E-state index in [1.165, 1.54) is 29.5 Å². The number of hydrogen-bond acceptors (Lipinski definition) is 6. The highest BCUT2D eigenvalue weighted by atomic mass is 32.2. The van der Waals surface area contributed by atoms with Crippen molar-refractivity contribution < 1.29 is 19.5 Å². The number of anilines is 1. The predicted molar refractivity (Wildman–Crippen MR) is 129 cm³/mol. The Balaban J connectivity index is 1.44. The fourth-order valence-corrected chi connectivity index (χ4v) is 6.16. The van der Waals surface area contributed by atoms with E-state index in [4.69, 9.17) is 5.11 Å². The molecule has 176 valence electrons. The van der Waals surface area contributed by atoms with Crippen molar-refractivity contribution in [2.75, 3.05) is 24.2 Å². The number of thiazole rings is 1. The first-order valence-electron chi connectivity index (χ1n) is 11.3. The van der Waals surface area contributed by atoms with Crippen LogP contribution in [0.2, 0.25) is 0 Å². The Bertz CT molecular complexity index is 978. The van der Waals surface area contributed by atoms with E-state index in [-0.39, 0.29) is 29.8 Å². The molecule has 2 aliphatic rings. The number of nitrogens with zero attached hydrogens (tertiary/aromatic N) is 3.